The molecule has 2 aromatic rings. The van der Waals surface area contributed by atoms with Crippen LogP contribution in [-0.4, -0.2) is 54.0 Å². The van der Waals surface area contributed by atoms with Crippen molar-refractivity contribution in [1.82, 2.24) is 9.88 Å². The van der Waals surface area contributed by atoms with Gasteiger partial charge in [0.15, 0.2) is 0 Å². The third-order valence-electron chi connectivity index (χ3n) is 4.30. The molecule has 148 valence electrons. The Morgan fingerprint density at radius 1 is 1.11 bits per heavy atom. The lowest BCUT2D eigenvalue weighted by Gasteiger charge is -2.39. The number of hydrogen-bond donors (Lipinski definition) is 1. The van der Waals surface area contributed by atoms with Gasteiger partial charge >= 0.3 is 12.1 Å². The summed E-state index contributed by atoms with van der Waals surface area (Å²) < 4.78 is 15.7. The van der Waals surface area contributed by atoms with Crippen molar-refractivity contribution in [1.29, 1.82) is 0 Å². The van der Waals surface area contributed by atoms with E-state index < -0.39 is 23.2 Å². The maximum absolute atomic E-state index is 12.8. The van der Waals surface area contributed by atoms with Gasteiger partial charge in [0.25, 0.3) is 0 Å². The zero-order chi connectivity index (χ0) is 20.2. The van der Waals surface area contributed by atoms with Crippen LogP contribution in [0.15, 0.2) is 30.5 Å². The van der Waals surface area contributed by atoms with Gasteiger partial charge in [0.2, 0.25) is 0 Å². The SMILES string of the molecule is COCN(C(=O)OC(C)(C)C)[C@@](C)(Cc1c[nH]c2ccccc12)C(=O)OC. The van der Waals surface area contributed by atoms with Crippen LogP contribution in [0.3, 0.4) is 0 Å². The van der Waals surface area contributed by atoms with Crippen molar-refractivity contribution in [2.45, 2.75) is 45.3 Å². The summed E-state index contributed by atoms with van der Waals surface area (Å²) in [5.74, 6) is -0.546. The number of para-hydroxylation sites is 1. The predicted octanol–water partition coefficient (Wildman–Crippen LogP) is 3.48. The number of ether oxygens (including phenoxy) is 3. The average Bonchev–Trinajstić information content (AvgIpc) is 3.00. The van der Waals surface area contributed by atoms with E-state index in [1.54, 1.807) is 27.7 Å². The summed E-state index contributed by atoms with van der Waals surface area (Å²) in [4.78, 5) is 30.0. The molecule has 0 saturated heterocycles. The molecule has 0 spiro atoms. The van der Waals surface area contributed by atoms with Gasteiger partial charge in [-0.2, -0.15) is 0 Å². The summed E-state index contributed by atoms with van der Waals surface area (Å²) in [6.45, 7) is 6.85. The normalized spacial score (nSPS) is 13.9. The van der Waals surface area contributed by atoms with E-state index in [9.17, 15) is 9.59 Å². The van der Waals surface area contributed by atoms with Crippen LogP contribution in [0.2, 0.25) is 0 Å². The maximum Gasteiger partial charge on any atom is 0.413 e. The van der Waals surface area contributed by atoms with Gasteiger partial charge in [-0.25, -0.2) is 9.59 Å². The maximum atomic E-state index is 12.8. The second kappa shape index (κ2) is 8.00. The van der Waals surface area contributed by atoms with Gasteiger partial charge < -0.3 is 19.2 Å². The van der Waals surface area contributed by atoms with Gasteiger partial charge in [-0.3, -0.25) is 4.90 Å². The molecule has 0 radical (unpaired) electrons. The number of rotatable bonds is 6. The zero-order valence-corrected chi connectivity index (χ0v) is 16.8. The smallest absolute Gasteiger partial charge is 0.413 e. The highest BCUT2D eigenvalue weighted by Gasteiger charge is 2.45. The largest absolute Gasteiger partial charge is 0.467 e. The van der Waals surface area contributed by atoms with Gasteiger partial charge in [0.1, 0.15) is 17.9 Å². The summed E-state index contributed by atoms with van der Waals surface area (Å²) in [6, 6.07) is 7.78. The lowest BCUT2D eigenvalue weighted by atomic mass is 9.91. The third kappa shape index (κ3) is 4.60. The van der Waals surface area contributed by atoms with Crippen LogP contribution in [-0.2, 0) is 25.4 Å². The molecule has 1 aromatic heterocycles. The van der Waals surface area contributed by atoms with Crippen molar-refractivity contribution in [3.05, 3.63) is 36.0 Å². The first-order valence-corrected chi connectivity index (χ1v) is 8.75. The number of methoxy groups -OCH3 is 2. The van der Waals surface area contributed by atoms with Crippen LogP contribution in [0.4, 0.5) is 4.79 Å². The van der Waals surface area contributed by atoms with E-state index in [2.05, 4.69) is 4.98 Å². The monoisotopic (exact) mass is 376 g/mol. The molecule has 0 unspecified atom stereocenters. The summed E-state index contributed by atoms with van der Waals surface area (Å²) >= 11 is 0. The van der Waals surface area contributed by atoms with Crippen LogP contribution in [0.5, 0.6) is 0 Å². The Hall–Kier alpha value is -2.54. The number of benzene rings is 1. The molecule has 0 fully saturated rings. The fourth-order valence-electron chi connectivity index (χ4n) is 2.99. The van der Waals surface area contributed by atoms with Gasteiger partial charge in [0.05, 0.1) is 7.11 Å². The Morgan fingerprint density at radius 3 is 2.37 bits per heavy atom. The Bertz CT molecular complexity index is 808. The predicted molar refractivity (Wildman–Crippen MR) is 102 cm³/mol. The molecule has 0 aliphatic carbocycles. The van der Waals surface area contributed by atoms with E-state index in [1.165, 1.54) is 19.1 Å². The van der Waals surface area contributed by atoms with E-state index in [0.29, 0.717) is 0 Å². The second-order valence-corrected chi connectivity index (χ2v) is 7.63. The Labute approximate surface area is 159 Å². The van der Waals surface area contributed by atoms with Gasteiger partial charge in [-0.05, 0) is 39.3 Å². The van der Waals surface area contributed by atoms with Crippen LogP contribution in [0, 0.1) is 0 Å². The number of amides is 1. The summed E-state index contributed by atoms with van der Waals surface area (Å²) in [5.41, 5.74) is -0.169. The highest BCUT2D eigenvalue weighted by Crippen LogP contribution is 2.29. The zero-order valence-electron chi connectivity index (χ0n) is 16.8. The number of aromatic amines is 1. The number of fused-ring (bicyclic) bond motifs is 1. The van der Waals surface area contributed by atoms with Crippen molar-refractivity contribution >= 4 is 23.0 Å². The van der Waals surface area contributed by atoms with Crippen LogP contribution < -0.4 is 0 Å². The van der Waals surface area contributed by atoms with E-state index in [0.717, 1.165) is 16.5 Å². The number of hydrogen-bond acceptors (Lipinski definition) is 5. The fraction of sp³-hybridized carbons (Fsp3) is 0.500. The highest BCUT2D eigenvalue weighted by atomic mass is 16.6. The number of carbonyl (C=O) groups excluding carboxylic acids is 2. The van der Waals surface area contributed by atoms with E-state index >= 15 is 0 Å². The van der Waals surface area contributed by atoms with Gasteiger partial charge in [0, 0.05) is 30.6 Å². The molecule has 1 N–H and O–H groups in total. The van der Waals surface area contributed by atoms with Crippen molar-refractivity contribution in [2.75, 3.05) is 21.0 Å². The minimum Gasteiger partial charge on any atom is -0.467 e. The molecule has 0 saturated carbocycles. The summed E-state index contributed by atoms with van der Waals surface area (Å²) in [7, 11) is 2.76. The van der Waals surface area contributed by atoms with Gasteiger partial charge in [-0.15, -0.1) is 0 Å². The third-order valence-corrected chi connectivity index (χ3v) is 4.30. The first-order chi connectivity index (χ1) is 12.6. The second-order valence-electron chi connectivity index (χ2n) is 7.63. The molecular formula is C20H28N2O5. The molecular weight excluding hydrogens is 348 g/mol. The fourth-order valence-corrected chi connectivity index (χ4v) is 2.99. The van der Waals surface area contributed by atoms with Crippen molar-refractivity contribution in [3.63, 3.8) is 0 Å². The van der Waals surface area contributed by atoms with Crippen LogP contribution in [0.25, 0.3) is 10.9 Å². The first-order valence-electron chi connectivity index (χ1n) is 8.75. The summed E-state index contributed by atoms with van der Waals surface area (Å²) in [5, 5.41) is 0.981. The van der Waals surface area contributed by atoms with Crippen molar-refractivity contribution in [2.24, 2.45) is 0 Å². The average molecular weight is 376 g/mol. The van der Waals surface area contributed by atoms with Crippen LogP contribution >= 0.6 is 0 Å². The van der Waals surface area contributed by atoms with E-state index in [-0.39, 0.29) is 13.2 Å². The van der Waals surface area contributed by atoms with Gasteiger partial charge in [-0.1, -0.05) is 18.2 Å². The molecule has 1 heterocycles. The molecule has 27 heavy (non-hydrogen) atoms. The Morgan fingerprint density at radius 2 is 1.78 bits per heavy atom. The molecule has 0 aliphatic heterocycles. The standard InChI is InChI=1S/C20H28N2O5/c1-19(2,3)27-18(24)22(13-25-5)20(4,17(23)26-6)11-14-12-21-16-10-8-7-9-15(14)16/h7-10,12,21H,11,13H2,1-6H3/t20-/m0/s1. The number of carbonyl (C=O) groups is 2. The highest BCUT2D eigenvalue weighted by molar-refractivity contribution is 5.88. The lowest BCUT2D eigenvalue weighted by Crippen LogP contribution is -2.58. The number of nitrogens with one attached hydrogen (secondary N) is 1. The quantitative estimate of drug-likeness (QED) is 0.617. The Balaban J connectivity index is 2.46. The molecule has 0 aliphatic rings. The van der Waals surface area contributed by atoms with Crippen molar-refractivity contribution < 1.29 is 23.8 Å². The molecule has 7 nitrogen and oxygen atoms in total. The lowest BCUT2D eigenvalue weighted by molar-refractivity contribution is -0.157. The van der Waals surface area contributed by atoms with E-state index in [1.807, 2.05) is 30.5 Å². The topological polar surface area (TPSA) is 80.9 Å². The number of nitrogens with zero attached hydrogens (tertiary/aromatic N) is 1. The molecule has 0 bridgehead atoms. The molecule has 1 atom stereocenters. The molecule has 7 heteroatoms. The number of aromatic nitrogens is 1. The summed E-state index contributed by atoms with van der Waals surface area (Å²) in [6.07, 6.45) is 1.44. The first kappa shape index (κ1) is 20.8. The Kier molecular flexibility index (Phi) is 6.15. The minimum atomic E-state index is -1.31. The molecule has 2 rings (SSSR count). The number of H-pyrrole nitrogens is 1. The molecule has 1 amide bonds. The number of esters is 1. The van der Waals surface area contributed by atoms with Crippen molar-refractivity contribution in [3.8, 4) is 0 Å². The van der Waals surface area contributed by atoms with Crippen LogP contribution in [0.1, 0.15) is 33.3 Å². The molecule has 1 aromatic carbocycles. The van der Waals surface area contributed by atoms with E-state index in [4.69, 9.17) is 14.2 Å². The minimum absolute atomic E-state index is 0.108.